The minimum absolute atomic E-state index is 0.0165. The van der Waals surface area contributed by atoms with E-state index >= 15 is 0 Å². The summed E-state index contributed by atoms with van der Waals surface area (Å²) in [5.74, 6) is 1.05. The summed E-state index contributed by atoms with van der Waals surface area (Å²) in [6.45, 7) is 4.96. The third-order valence-corrected chi connectivity index (χ3v) is 6.10. The number of nitrogens with zero attached hydrogens (tertiary/aromatic N) is 2. The van der Waals surface area contributed by atoms with Gasteiger partial charge in [0.05, 0.1) is 12.1 Å². The van der Waals surface area contributed by atoms with Crippen LogP contribution in [0.25, 0.3) is 0 Å². The number of nitrogens with one attached hydrogen (secondary N) is 1. The van der Waals surface area contributed by atoms with Crippen LogP contribution < -0.4 is 5.32 Å². The quantitative estimate of drug-likeness (QED) is 0.593. The number of rotatable bonds is 8. The van der Waals surface area contributed by atoms with Crippen molar-refractivity contribution in [2.45, 2.75) is 44.6 Å². The number of aromatic nitrogens is 1. The number of likely N-dealkylation sites (tertiary alicyclic amines) is 1. The number of hydrogen-bond acceptors (Lipinski definition) is 4. The smallest absolute Gasteiger partial charge is 0.227 e. The fourth-order valence-corrected chi connectivity index (χ4v) is 4.45. The Hall–Kier alpha value is -2.92. The van der Waals surface area contributed by atoms with Gasteiger partial charge in [-0.1, -0.05) is 65.8 Å². The number of carbonyl (C=O) groups is 1. The van der Waals surface area contributed by atoms with Crippen LogP contribution in [0.1, 0.15) is 47.8 Å². The minimum atomic E-state index is 0.0165. The second-order valence-electron chi connectivity index (χ2n) is 8.46. The summed E-state index contributed by atoms with van der Waals surface area (Å²) in [7, 11) is 0. The Morgan fingerprint density at radius 1 is 1.06 bits per heavy atom. The zero-order valence-corrected chi connectivity index (χ0v) is 18.2. The molecule has 0 radical (unpaired) electrons. The van der Waals surface area contributed by atoms with Gasteiger partial charge in [0, 0.05) is 31.1 Å². The van der Waals surface area contributed by atoms with Crippen LogP contribution in [0, 0.1) is 6.92 Å². The van der Waals surface area contributed by atoms with Gasteiger partial charge in [-0.05, 0) is 43.9 Å². The van der Waals surface area contributed by atoms with Crippen LogP contribution in [0.15, 0.2) is 71.3 Å². The van der Waals surface area contributed by atoms with Crippen molar-refractivity contribution in [1.29, 1.82) is 0 Å². The molecular formula is C26H31N3O2. The molecule has 1 amide bonds. The van der Waals surface area contributed by atoms with E-state index in [-0.39, 0.29) is 18.4 Å². The molecule has 31 heavy (non-hydrogen) atoms. The van der Waals surface area contributed by atoms with E-state index in [4.69, 9.17) is 4.52 Å². The molecule has 2 heterocycles. The van der Waals surface area contributed by atoms with Crippen LogP contribution in [0.2, 0.25) is 0 Å². The Labute approximate surface area is 184 Å². The topological polar surface area (TPSA) is 58.4 Å². The molecule has 0 atom stereocenters. The van der Waals surface area contributed by atoms with Crippen molar-refractivity contribution in [3.63, 3.8) is 0 Å². The first kappa shape index (κ1) is 21.3. The van der Waals surface area contributed by atoms with Crippen molar-refractivity contribution in [2.75, 3.05) is 19.6 Å². The van der Waals surface area contributed by atoms with Gasteiger partial charge in [-0.2, -0.15) is 0 Å². The van der Waals surface area contributed by atoms with E-state index in [9.17, 15) is 4.79 Å². The molecule has 1 fully saturated rings. The van der Waals surface area contributed by atoms with Crippen molar-refractivity contribution in [3.8, 4) is 0 Å². The molecule has 5 nitrogen and oxygen atoms in total. The zero-order chi connectivity index (χ0) is 21.5. The summed E-state index contributed by atoms with van der Waals surface area (Å²) in [5, 5.41) is 7.00. The van der Waals surface area contributed by atoms with Crippen LogP contribution in [-0.2, 0) is 11.2 Å². The molecule has 0 saturated carbocycles. The molecule has 5 heteroatoms. The summed E-state index contributed by atoms with van der Waals surface area (Å²) in [6, 6.07) is 23.6. The molecule has 3 aromatic rings. The largest absolute Gasteiger partial charge is 0.361 e. The van der Waals surface area contributed by atoms with E-state index in [1.54, 1.807) is 0 Å². The second-order valence-corrected chi connectivity index (χ2v) is 8.46. The Bertz CT molecular complexity index is 908. The first-order valence-corrected chi connectivity index (χ1v) is 11.2. The third kappa shape index (κ3) is 6.05. The summed E-state index contributed by atoms with van der Waals surface area (Å²) in [4.78, 5) is 14.8. The van der Waals surface area contributed by atoms with Gasteiger partial charge < -0.3 is 14.7 Å². The van der Waals surface area contributed by atoms with Crippen LogP contribution in [-0.4, -0.2) is 41.6 Å². The predicted octanol–water partition coefficient (Wildman–Crippen LogP) is 4.33. The van der Waals surface area contributed by atoms with E-state index in [0.717, 1.165) is 44.6 Å². The van der Waals surface area contributed by atoms with Crippen LogP contribution in [0.4, 0.5) is 0 Å². The van der Waals surface area contributed by atoms with Crippen molar-refractivity contribution in [2.24, 2.45) is 0 Å². The molecule has 0 unspecified atom stereocenters. The van der Waals surface area contributed by atoms with Gasteiger partial charge in [0.1, 0.15) is 5.76 Å². The molecule has 0 spiro atoms. The first-order valence-electron chi connectivity index (χ1n) is 11.2. The lowest BCUT2D eigenvalue weighted by atomic mass is 9.88. The lowest BCUT2D eigenvalue weighted by molar-refractivity contribution is -0.121. The highest BCUT2D eigenvalue weighted by Gasteiger charge is 2.22. The summed E-state index contributed by atoms with van der Waals surface area (Å²) >= 11 is 0. The Morgan fingerprint density at radius 2 is 1.68 bits per heavy atom. The molecule has 1 aliphatic rings. The highest BCUT2D eigenvalue weighted by atomic mass is 16.5. The Balaban J connectivity index is 1.26. The number of carbonyl (C=O) groups excluding carboxylic acids is 1. The van der Waals surface area contributed by atoms with Crippen LogP contribution in [0.5, 0.6) is 0 Å². The molecule has 0 bridgehead atoms. The van der Waals surface area contributed by atoms with Gasteiger partial charge in [0.2, 0.25) is 5.91 Å². The van der Waals surface area contributed by atoms with E-state index in [1.165, 1.54) is 11.1 Å². The van der Waals surface area contributed by atoms with Gasteiger partial charge in [0.15, 0.2) is 0 Å². The predicted molar refractivity (Wildman–Crippen MR) is 122 cm³/mol. The Kier molecular flexibility index (Phi) is 7.15. The summed E-state index contributed by atoms with van der Waals surface area (Å²) < 4.78 is 5.15. The molecule has 1 aromatic heterocycles. The molecule has 0 aliphatic carbocycles. The molecule has 1 N–H and O–H groups in total. The molecule has 2 aromatic carbocycles. The normalized spacial score (nSPS) is 15.3. The molecular weight excluding hydrogens is 386 g/mol. The average Bonchev–Trinajstić information content (AvgIpc) is 3.21. The summed E-state index contributed by atoms with van der Waals surface area (Å²) in [6.07, 6.45) is 3.33. The van der Waals surface area contributed by atoms with Gasteiger partial charge in [-0.15, -0.1) is 0 Å². The standard InChI is InChI=1S/C26H31N3O2/c1-20-18-24(31-28-20)19-26(30)27-23-12-15-29(16-13-23)17-14-25(21-8-4-2-5-9-21)22-10-6-3-7-11-22/h2-11,18,23,25H,12-17,19H2,1H3,(H,27,30). The fraction of sp³-hybridized carbons (Fsp3) is 0.385. The highest BCUT2D eigenvalue weighted by molar-refractivity contribution is 5.78. The third-order valence-electron chi connectivity index (χ3n) is 6.10. The number of aryl methyl sites for hydroxylation is 1. The lowest BCUT2D eigenvalue weighted by Gasteiger charge is -2.33. The Morgan fingerprint density at radius 3 is 2.23 bits per heavy atom. The average molecular weight is 418 g/mol. The maximum atomic E-state index is 12.3. The van der Waals surface area contributed by atoms with Gasteiger partial charge in [-0.3, -0.25) is 4.79 Å². The molecule has 162 valence electrons. The van der Waals surface area contributed by atoms with Gasteiger partial charge in [-0.25, -0.2) is 0 Å². The molecule has 4 rings (SSSR count). The molecule has 1 saturated heterocycles. The lowest BCUT2D eigenvalue weighted by Crippen LogP contribution is -2.45. The van der Waals surface area contributed by atoms with Gasteiger partial charge in [0.25, 0.3) is 0 Å². The maximum Gasteiger partial charge on any atom is 0.227 e. The first-order chi connectivity index (χ1) is 15.2. The number of piperidine rings is 1. The van der Waals surface area contributed by atoms with E-state index in [2.05, 4.69) is 76.0 Å². The monoisotopic (exact) mass is 417 g/mol. The minimum Gasteiger partial charge on any atom is -0.361 e. The number of benzene rings is 2. The fourth-order valence-electron chi connectivity index (χ4n) is 4.45. The van der Waals surface area contributed by atoms with Crippen LogP contribution in [0.3, 0.4) is 0 Å². The van der Waals surface area contributed by atoms with Gasteiger partial charge >= 0.3 is 0 Å². The highest BCUT2D eigenvalue weighted by Crippen LogP contribution is 2.28. The number of amides is 1. The van der Waals surface area contributed by atoms with Crippen molar-refractivity contribution < 1.29 is 9.32 Å². The van der Waals surface area contributed by atoms with E-state index in [0.29, 0.717) is 11.7 Å². The second kappa shape index (κ2) is 10.4. The molecule has 1 aliphatic heterocycles. The van der Waals surface area contributed by atoms with E-state index in [1.807, 2.05) is 13.0 Å². The van der Waals surface area contributed by atoms with Crippen molar-refractivity contribution in [3.05, 3.63) is 89.3 Å². The van der Waals surface area contributed by atoms with Crippen LogP contribution >= 0.6 is 0 Å². The maximum absolute atomic E-state index is 12.3. The van der Waals surface area contributed by atoms with Crippen molar-refractivity contribution in [1.82, 2.24) is 15.4 Å². The van der Waals surface area contributed by atoms with Crippen molar-refractivity contribution >= 4 is 5.91 Å². The SMILES string of the molecule is Cc1cc(CC(=O)NC2CCN(CCC(c3ccccc3)c3ccccc3)CC2)on1. The van der Waals surface area contributed by atoms with E-state index < -0.39 is 0 Å². The summed E-state index contributed by atoms with van der Waals surface area (Å²) in [5.41, 5.74) is 3.55. The number of hydrogen-bond donors (Lipinski definition) is 1. The zero-order valence-electron chi connectivity index (χ0n) is 18.2.